The maximum absolute atomic E-state index is 10.7. The van der Waals surface area contributed by atoms with Crippen molar-refractivity contribution in [1.29, 1.82) is 0 Å². The third-order valence-electron chi connectivity index (χ3n) is 1.46. The van der Waals surface area contributed by atoms with Crippen LogP contribution in [0.5, 0.6) is 0 Å². The van der Waals surface area contributed by atoms with Crippen LogP contribution in [0.1, 0.15) is 41.5 Å². The zero-order valence-electron chi connectivity index (χ0n) is 13.5. The lowest BCUT2D eigenvalue weighted by atomic mass is 10.1. The van der Waals surface area contributed by atoms with Crippen molar-refractivity contribution in [3.63, 3.8) is 0 Å². The van der Waals surface area contributed by atoms with Crippen molar-refractivity contribution in [2.45, 2.75) is 20.8 Å². The third-order valence-corrected chi connectivity index (χ3v) is 1.46. The van der Waals surface area contributed by atoms with Gasteiger partial charge in [-0.25, -0.2) is 0 Å². The van der Waals surface area contributed by atoms with Gasteiger partial charge in [-0.3, -0.25) is 9.59 Å². The lowest BCUT2D eigenvalue weighted by molar-refractivity contribution is 0.0967. The summed E-state index contributed by atoms with van der Waals surface area (Å²) in [5.74, 6) is -1.30. The summed E-state index contributed by atoms with van der Waals surface area (Å²) in [6.07, 6.45) is 0. The minimum atomic E-state index is -0.649. The van der Waals surface area contributed by atoms with Gasteiger partial charge < -0.3 is 32.9 Å². The molecule has 0 bridgehead atoms. The number of hydrogen-bond donors (Lipinski definition) is 6. The quantitative estimate of drug-likeness (QED) is 0.447. The zero-order valence-corrected chi connectivity index (χ0v) is 13.5. The monoisotopic (exact) mass is 319 g/mol. The van der Waals surface area contributed by atoms with Crippen molar-refractivity contribution in [3.05, 3.63) is 35.4 Å². The smallest absolute Gasteiger partial charge is 0.249 e. The highest BCUT2D eigenvalue weighted by Gasteiger charge is 2.10. The van der Waals surface area contributed by atoms with E-state index >= 15 is 0 Å². The fourth-order valence-corrected chi connectivity index (χ4v) is 0.913. The number of primary amides is 2. The van der Waals surface area contributed by atoms with E-state index in [1.807, 2.05) is 0 Å². The van der Waals surface area contributed by atoms with Crippen LogP contribution in [0.25, 0.3) is 0 Å². The zero-order chi connectivity index (χ0) is 17.3. The molecular formula is C14H29N3O5. The number of rotatable bonds is 2. The molecule has 0 aromatic heterocycles. The molecule has 130 valence electrons. The number of hydrogen-bond acceptors (Lipinski definition) is 6. The van der Waals surface area contributed by atoms with Crippen LogP contribution in [0.4, 0.5) is 0 Å². The Morgan fingerprint density at radius 3 is 1.14 bits per heavy atom. The molecule has 0 atom stereocenters. The molecule has 22 heavy (non-hydrogen) atoms. The predicted octanol–water partition coefficient (Wildman–Crippen LogP) is 0.0422. The molecule has 0 unspecified atom stereocenters. The van der Waals surface area contributed by atoms with Gasteiger partial charge in [-0.1, -0.05) is 12.1 Å². The highest BCUT2D eigenvalue weighted by atomic mass is 16.3. The second-order valence-corrected chi connectivity index (χ2v) is 3.22. The molecule has 0 fully saturated rings. The molecule has 8 nitrogen and oxygen atoms in total. The highest BCUT2D eigenvalue weighted by Crippen LogP contribution is 2.06. The average Bonchev–Trinajstić information content (AvgIpc) is 2.41. The molecule has 1 rings (SSSR count). The number of carbonyl (C=O) groups is 2. The number of nitrogens with two attached hydrogens (primary N) is 2. The van der Waals surface area contributed by atoms with Gasteiger partial charge in [-0.05, 0) is 32.9 Å². The lowest BCUT2D eigenvalue weighted by Gasteiger charge is -2.00. The van der Waals surface area contributed by atoms with Crippen molar-refractivity contribution in [1.82, 2.24) is 6.15 Å². The van der Waals surface area contributed by atoms with Crippen LogP contribution in [0.15, 0.2) is 24.3 Å². The summed E-state index contributed by atoms with van der Waals surface area (Å²) in [4.78, 5) is 21.5. The topological polar surface area (TPSA) is 182 Å². The fourth-order valence-electron chi connectivity index (χ4n) is 0.913. The van der Waals surface area contributed by atoms with Crippen LogP contribution in [-0.4, -0.2) is 47.0 Å². The molecule has 0 aliphatic carbocycles. The fraction of sp³-hybridized carbons (Fsp3) is 0.429. The highest BCUT2D eigenvalue weighted by molar-refractivity contribution is 6.06. The van der Waals surface area contributed by atoms with Crippen molar-refractivity contribution >= 4 is 11.8 Å². The van der Waals surface area contributed by atoms with Gasteiger partial charge in [0.2, 0.25) is 11.8 Å². The van der Waals surface area contributed by atoms with Gasteiger partial charge in [0.05, 0.1) is 11.1 Å². The molecule has 1 aromatic rings. The Bertz CT molecular complexity index is 349. The molecule has 2 amide bonds. The van der Waals surface area contributed by atoms with E-state index < -0.39 is 11.8 Å². The van der Waals surface area contributed by atoms with Gasteiger partial charge in [0.1, 0.15) is 0 Å². The number of aliphatic hydroxyl groups is 3. The summed E-state index contributed by atoms with van der Waals surface area (Å²) in [5, 5.41) is 22.7. The first kappa shape index (κ1) is 28.2. The van der Waals surface area contributed by atoms with E-state index in [4.69, 9.17) is 26.8 Å². The van der Waals surface area contributed by atoms with Gasteiger partial charge in [0.25, 0.3) is 0 Å². The summed E-state index contributed by atoms with van der Waals surface area (Å²) in [5.41, 5.74) is 10.3. The summed E-state index contributed by atoms with van der Waals surface area (Å²) in [6, 6.07) is 6.16. The number of benzene rings is 1. The first-order valence-corrected chi connectivity index (χ1v) is 6.38. The van der Waals surface area contributed by atoms with E-state index in [1.54, 1.807) is 32.9 Å². The average molecular weight is 319 g/mol. The standard InChI is InChI=1S/C8H8N2O2.3C2H6O.H3N/c9-7(11)5-3-1-2-4-6(5)8(10)12;3*1-2-3;/h1-4H,(H2,9,11)(H2,10,12);3*3H,2H2,1H3;1H3. The van der Waals surface area contributed by atoms with E-state index in [-0.39, 0.29) is 37.1 Å². The Labute approximate surface area is 131 Å². The Balaban J connectivity index is -0.000000136. The lowest BCUT2D eigenvalue weighted by Crippen LogP contribution is -2.20. The molecule has 0 aliphatic rings. The summed E-state index contributed by atoms with van der Waals surface area (Å²) < 4.78 is 0. The van der Waals surface area contributed by atoms with Gasteiger partial charge in [0.15, 0.2) is 0 Å². The molecule has 10 N–H and O–H groups in total. The van der Waals surface area contributed by atoms with Crippen LogP contribution >= 0.6 is 0 Å². The normalized spacial score (nSPS) is 7.55. The van der Waals surface area contributed by atoms with Crippen molar-refractivity contribution < 1.29 is 24.9 Å². The van der Waals surface area contributed by atoms with E-state index in [2.05, 4.69) is 0 Å². The van der Waals surface area contributed by atoms with Gasteiger partial charge in [-0.15, -0.1) is 0 Å². The summed E-state index contributed by atoms with van der Waals surface area (Å²) in [6.45, 7) is 5.79. The van der Waals surface area contributed by atoms with E-state index in [1.165, 1.54) is 12.1 Å². The SMILES string of the molecule is CCO.CCO.CCO.N.NC(=O)c1ccccc1C(N)=O. The number of aliphatic hydroxyl groups excluding tert-OH is 3. The number of carbonyl (C=O) groups excluding carboxylic acids is 2. The van der Waals surface area contributed by atoms with Gasteiger partial charge in [0, 0.05) is 19.8 Å². The van der Waals surface area contributed by atoms with Gasteiger partial charge in [-0.2, -0.15) is 0 Å². The third kappa shape index (κ3) is 18.0. The largest absolute Gasteiger partial charge is 0.397 e. The second kappa shape index (κ2) is 21.3. The number of amides is 2. The molecule has 8 heteroatoms. The Hall–Kier alpha value is -2.00. The van der Waals surface area contributed by atoms with Crippen molar-refractivity contribution in [2.75, 3.05) is 19.8 Å². The minimum absolute atomic E-state index is 0. The van der Waals surface area contributed by atoms with Crippen LogP contribution in [-0.2, 0) is 0 Å². The first-order chi connectivity index (χ1) is 9.87. The second-order valence-electron chi connectivity index (χ2n) is 3.22. The molecule has 0 saturated heterocycles. The van der Waals surface area contributed by atoms with Crippen LogP contribution < -0.4 is 17.6 Å². The molecule has 0 heterocycles. The molecule has 0 saturated carbocycles. The maximum Gasteiger partial charge on any atom is 0.249 e. The minimum Gasteiger partial charge on any atom is -0.397 e. The van der Waals surface area contributed by atoms with Gasteiger partial charge >= 0.3 is 0 Å². The van der Waals surface area contributed by atoms with E-state index in [0.717, 1.165) is 0 Å². The Morgan fingerprint density at radius 1 is 0.818 bits per heavy atom. The van der Waals surface area contributed by atoms with Crippen molar-refractivity contribution in [3.8, 4) is 0 Å². The van der Waals surface area contributed by atoms with E-state index in [0.29, 0.717) is 0 Å². The molecule has 0 radical (unpaired) electrons. The molecule has 0 spiro atoms. The maximum atomic E-state index is 10.7. The summed E-state index contributed by atoms with van der Waals surface area (Å²) in [7, 11) is 0. The molecule has 1 aromatic carbocycles. The predicted molar refractivity (Wildman–Crippen MR) is 86.8 cm³/mol. The van der Waals surface area contributed by atoms with Crippen LogP contribution in [0.2, 0.25) is 0 Å². The molecular weight excluding hydrogens is 290 g/mol. The Kier molecular flexibility index (Phi) is 27.3. The van der Waals surface area contributed by atoms with Crippen LogP contribution in [0.3, 0.4) is 0 Å². The van der Waals surface area contributed by atoms with Crippen LogP contribution in [0, 0.1) is 0 Å². The Morgan fingerprint density at radius 2 is 1.00 bits per heavy atom. The summed E-state index contributed by atoms with van der Waals surface area (Å²) >= 11 is 0. The van der Waals surface area contributed by atoms with E-state index in [9.17, 15) is 9.59 Å². The first-order valence-electron chi connectivity index (χ1n) is 6.38. The molecule has 0 aliphatic heterocycles. The van der Waals surface area contributed by atoms with Crippen molar-refractivity contribution in [2.24, 2.45) is 11.5 Å².